The minimum atomic E-state index is -0.144. The zero-order chi connectivity index (χ0) is 16.6. The van der Waals surface area contributed by atoms with Crippen molar-refractivity contribution in [2.45, 2.75) is 13.8 Å². The third-order valence-corrected chi connectivity index (χ3v) is 4.30. The van der Waals surface area contributed by atoms with Crippen molar-refractivity contribution in [3.8, 4) is 0 Å². The molecule has 2 heterocycles. The lowest BCUT2D eigenvalue weighted by Gasteiger charge is -2.35. The summed E-state index contributed by atoms with van der Waals surface area (Å²) in [5.74, 6) is 0.285. The number of furan rings is 1. The maximum absolute atomic E-state index is 12.6. The molecule has 1 aliphatic heterocycles. The molecule has 0 atom stereocenters. The predicted molar refractivity (Wildman–Crippen MR) is 88.5 cm³/mol. The van der Waals surface area contributed by atoms with Gasteiger partial charge in [-0.25, -0.2) is 0 Å². The Kier molecular flexibility index (Phi) is 4.31. The number of hydrogen-bond acceptors (Lipinski definition) is 3. The minimum absolute atomic E-state index is 0.0163. The molecule has 1 aromatic carbocycles. The molecule has 0 spiro atoms. The van der Waals surface area contributed by atoms with Gasteiger partial charge in [0.1, 0.15) is 5.58 Å². The molecule has 122 valence electrons. The second kappa shape index (κ2) is 6.24. The summed E-state index contributed by atoms with van der Waals surface area (Å²) in [7, 11) is 0. The van der Waals surface area contributed by atoms with Crippen molar-refractivity contribution in [1.82, 2.24) is 9.80 Å². The Labute approximate surface area is 139 Å². The van der Waals surface area contributed by atoms with Gasteiger partial charge in [-0.1, -0.05) is 25.4 Å². The van der Waals surface area contributed by atoms with Crippen LogP contribution in [0.1, 0.15) is 24.4 Å². The van der Waals surface area contributed by atoms with E-state index >= 15 is 0 Å². The van der Waals surface area contributed by atoms with E-state index in [4.69, 9.17) is 16.0 Å². The Morgan fingerprint density at radius 2 is 1.74 bits per heavy atom. The van der Waals surface area contributed by atoms with Crippen LogP contribution in [0.2, 0.25) is 5.02 Å². The largest absolute Gasteiger partial charge is 0.451 e. The van der Waals surface area contributed by atoms with Crippen LogP contribution in [0, 0.1) is 5.92 Å². The van der Waals surface area contributed by atoms with E-state index in [-0.39, 0.29) is 17.7 Å². The number of carbonyl (C=O) groups excluding carboxylic acids is 2. The van der Waals surface area contributed by atoms with Gasteiger partial charge in [0.15, 0.2) is 5.76 Å². The molecule has 0 N–H and O–H groups in total. The molecule has 0 radical (unpaired) electrons. The lowest BCUT2D eigenvalue weighted by molar-refractivity contribution is -0.135. The van der Waals surface area contributed by atoms with Crippen molar-refractivity contribution in [3.05, 3.63) is 35.0 Å². The first kappa shape index (κ1) is 15.9. The van der Waals surface area contributed by atoms with Crippen LogP contribution in [-0.2, 0) is 4.79 Å². The van der Waals surface area contributed by atoms with E-state index in [0.717, 1.165) is 5.39 Å². The van der Waals surface area contributed by atoms with Gasteiger partial charge in [0.2, 0.25) is 5.91 Å². The molecule has 2 aromatic rings. The molecular weight excluding hydrogens is 316 g/mol. The molecule has 1 saturated heterocycles. The van der Waals surface area contributed by atoms with Crippen molar-refractivity contribution in [2.75, 3.05) is 26.2 Å². The molecule has 0 saturated carbocycles. The quantitative estimate of drug-likeness (QED) is 0.848. The van der Waals surface area contributed by atoms with Crippen LogP contribution in [-0.4, -0.2) is 47.8 Å². The topological polar surface area (TPSA) is 53.8 Å². The number of amides is 2. The van der Waals surface area contributed by atoms with Crippen molar-refractivity contribution >= 4 is 34.4 Å². The summed E-state index contributed by atoms with van der Waals surface area (Å²) in [5, 5.41) is 1.42. The van der Waals surface area contributed by atoms with Crippen LogP contribution in [0.25, 0.3) is 11.0 Å². The van der Waals surface area contributed by atoms with E-state index in [2.05, 4.69) is 0 Å². The standard InChI is InChI=1S/C17H19ClN2O3/c1-11(2)16(21)19-5-7-20(8-6-19)17(22)15-10-12-9-13(18)3-4-14(12)23-15/h3-4,9-11H,5-8H2,1-2H3. The molecule has 0 aliphatic carbocycles. The summed E-state index contributed by atoms with van der Waals surface area (Å²) in [5.41, 5.74) is 0.645. The molecular formula is C17H19ClN2O3. The van der Waals surface area contributed by atoms with E-state index in [0.29, 0.717) is 42.5 Å². The fourth-order valence-corrected chi connectivity index (χ4v) is 2.95. The highest BCUT2D eigenvalue weighted by molar-refractivity contribution is 6.31. The maximum atomic E-state index is 12.6. The van der Waals surface area contributed by atoms with E-state index < -0.39 is 0 Å². The van der Waals surface area contributed by atoms with Crippen molar-refractivity contribution in [1.29, 1.82) is 0 Å². The molecule has 1 fully saturated rings. The Morgan fingerprint density at radius 3 is 2.39 bits per heavy atom. The highest BCUT2D eigenvalue weighted by atomic mass is 35.5. The molecule has 3 rings (SSSR count). The van der Waals surface area contributed by atoms with E-state index in [1.54, 1.807) is 29.2 Å². The van der Waals surface area contributed by atoms with E-state index in [9.17, 15) is 9.59 Å². The smallest absolute Gasteiger partial charge is 0.289 e. The monoisotopic (exact) mass is 334 g/mol. The number of nitrogens with zero attached hydrogens (tertiary/aromatic N) is 2. The Bertz CT molecular complexity index is 745. The molecule has 1 aromatic heterocycles. The van der Waals surface area contributed by atoms with E-state index in [1.165, 1.54) is 0 Å². The molecule has 1 aliphatic rings. The van der Waals surface area contributed by atoms with Crippen molar-refractivity contribution < 1.29 is 14.0 Å². The average Bonchev–Trinajstić information content (AvgIpc) is 2.96. The fraction of sp³-hybridized carbons (Fsp3) is 0.412. The number of fused-ring (bicyclic) bond motifs is 1. The second-order valence-electron chi connectivity index (χ2n) is 6.06. The van der Waals surface area contributed by atoms with Gasteiger partial charge in [-0.05, 0) is 24.3 Å². The van der Waals surface area contributed by atoms with Gasteiger partial charge in [-0.3, -0.25) is 9.59 Å². The predicted octanol–water partition coefficient (Wildman–Crippen LogP) is 3.03. The Hall–Kier alpha value is -2.01. The summed E-state index contributed by atoms with van der Waals surface area (Å²) in [4.78, 5) is 28.1. The molecule has 0 unspecified atom stereocenters. The van der Waals surface area contributed by atoms with Gasteiger partial charge >= 0.3 is 0 Å². The zero-order valence-corrected chi connectivity index (χ0v) is 14.0. The average molecular weight is 335 g/mol. The summed E-state index contributed by atoms with van der Waals surface area (Å²) >= 11 is 5.95. The third-order valence-electron chi connectivity index (χ3n) is 4.06. The number of piperazine rings is 1. The SMILES string of the molecule is CC(C)C(=O)N1CCN(C(=O)c2cc3cc(Cl)ccc3o2)CC1. The van der Waals surface area contributed by atoms with Gasteiger partial charge in [0.25, 0.3) is 5.91 Å². The molecule has 23 heavy (non-hydrogen) atoms. The van der Waals surface area contributed by atoms with Gasteiger partial charge in [0.05, 0.1) is 0 Å². The Balaban J connectivity index is 1.70. The molecule has 6 heteroatoms. The first-order valence-electron chi connectivity index (χ1n) is 7.73. The number of hydrogen-bond donors (Lipinski definition) is 0. The fourth-order valence-electron chi connectivity index (χ4n) is 2.77. The molecule has 5 nitrogen and oxygen atoms in total. The number of carbonyl (C=O) groups is 2. The van der Waals surface area contributed by atoms with Gasteiger partial charge in [-0.15, -0.1) is 0 Å². The van der Waals surface area contributed by atoms with Crippen LogP contribution in [0.15, 0.2) is 28.7 Å². The lowest BCUT2D eigenvalue weighted by Crippen LogP contribution is -2.51. The van der Waals surface area contributed by atoms with Crippen LogP contribution in [0.3, 0.4) is 0 Å². The van der Waals surface area contributed by atoms with Gasteiger partial charge in [0, 0.05) is 42.5 Å². The summed E-state index contributed by atoms with van der Waals surface area (Å²) in [6, 6.07) is 6.98. The third kappa shape index (κ3) is 3.20. The van der Waals surface area contributed by atoms with Crippen LogP contribution < -0.4 is 0 Å². The van der Waals surface area contributed by atoms with Crippen LogP contribution >= 0.6 is 11.6 Å². The molecule has 0 bridgehead atoms. The van der Waals surface area contributed by atoms with Gasteiger partial charge < -0.3 is 14.2 Å². The van der Waals surface area contributed by atoms with Crippen molar-refractivity contribution in [2.24, 2.45) is 5.92 Å². The number of benzene rings is 1. The summed E-state index contributed by atoms with van der Waals surface area (Å²) in [6.45, 7) is 5.95. The first-order valence-corrected chi connectivity index (χ1v) is 8.10. The summed E-state index contributed by atoms with van der Waals surface area (Å²) in [6.07, 6.45) is 0. The Morgan fingerprint density at radius 1 is 1.09 bits per heavy atom. The minimum Gasteiger partial charge on any atom is -0.451 e. The second-order valence-corrected chi connectivity index (χ2v) is 6.50. The lowest BCUT2D eigenvalue weighted by atomic mass is 10.1. The van der Waals surface area contributed by atoms with Crippen molar-refractivity contribution in [3.63, 3.8) is 0 Å². The maximum Gasteiger partial charge on any atom is 0.289 e. The van der Waals surface area contributed by atoms with Crippen LogP contribution in [0.4, 0.5) is 0 Å². The highest BCUT2D eigenvalue weighted by Crippen LogP contribution is 2.24. The first-order chi connectivity index (χ1) is 11.0. The molecule has 2 amide bonds. The van der Waals surface area contributed by atoms with E-state index in [1.807, 2.05) is 18.7 Å². The number of rotatable bonds is 2. The normalized spacial score (nSPS) is 15.5. The number of halogens is 1. The van der Waals surface area contributed by atoms with Crippen LogP contribution in [0.5, 0.6) is 0 Å². The van der Waals surface area contributed by atoms with Gasteiger partial charge in [-0.2, -0.15) is 0 Å². The zero-order valence-electron chi connectivity index (χ0n) is 13.2. The highest BCUT2D eigenvalue weighted by Gasteiger charge is 2.27. The summed E-state index contributed by atoms with van der Waals surface area (Å²) < 4.78 is 5.62.